The van der Waals surface area contributed by atoms with Gasteiger partial charge >= 0.3 is 0 Å². The molecule has 0 N–H and O–H groups in total. The van der Waals surface area contributed by atoms with Gasteiger partial charge in [0.15, 0.2) is 0 Å². The minimum atomic E-state index is -0.109. The van der Waals surface area contributed by atoms with Crippen LogP contribution in [0.25, 0.3) is 0 Å². The molecule has 4 nitrogen and oxygen atoms in total. The smallest absolute Gasteiger partial charge is 0.234 e. The largest absolute Gasteiger partial charge is 0.467 e. The number of carbonyl (C=O) groups excluding carboxylic acids is 2. The third-order valence-corrected chi connectivity index (χ3v) is 4.46. The predicted molar refractivity (Wildman–Crippen MR) is 62.0 cm³/mol. The molecule has 92 valence electrons. The highest BCUT2D eigenvalue weighted by atomic mass is 16.3. The van der Waals surface area contributed by atoms with E-state index in [1.54, 1.807) is 18.4 Å². The van der Waals surface area contributed by atoms with Gasteiger partial charge in [-0.15, -0.1) is 0 Å². The van der Waals surface area contributed by atoms with Crippen LogP contribution >= 0.6 is 0 Å². The average Bonchev–Trinajstić information content (AvgIpc) is 3.10. The fourth-order valence-electron chi connectivity index (χ4n) is 3.68. The first-order valence-corrected chi connectivity index (χ1v) is 6.31. The van der Waals surface area contributed by atoms with Gasteiger partial charge in [-0.2, -0.15) is 0 Å². The maximum absolute atomic E-state index is 12.3. The van der Waals surface area contributed by atoms with Crippen LogP contribution in [0, 0.1) is 23.7 Å². The van der Waals surface area contributed by atoms with Gasteiger partial charge in [-0.3, -0.25) is 14.5 Å². The molecule has 2 unspecified atom stereocenters. The summed E-state index contributed by atoms with van der Waals surface area (Å²) in [5, 5.41) is 0. The van der Waals surface area contributed by atoms with Crippen LogP contribution in [-0.4, -0.2) is 16.7 Å². The zero-order chi connectivity index (χ0) is 12.3. The van der Waals surface area contributed by atoms with Crippen LogP contribution in [0.15, 0.2) is 35.0 Å². The van der Waals surface area contributed by atoms with Crippen LogP contribution in [-0.2, 0) is 16.1 Å². The highest BCUT2D eigenvalue weighted by Gasteiger charge is 2.59. The molecule has 0 aromatic carbocycles. The summed E-state index contributed by atoms with van der Waals surface area (Å²) in [6, 6.07) is 3.56. The standard InChI is InChI=1S/C14H13NO3/c16-13-11-8-3-4-9(6-8)12(11)14(17)15(13)7-10-2-1-5-18-10/h1-5,8-9,11-12H,6-7H2/t8-,9+,11?,12?. The minimum Gasteiger partial charge on any atom is -0.467 e. The topological polar surface area (TPSA) is 50.5 Å². The van der Waals surface area contributed by atoms with E-state index >= 15 is 0 Å². The maximum Gasteiger partial charge on any atom is 0.234 e. The number of furan rings is 1. The zero-order valence-corrected chi connectivity index (χ0v) is 9.78. The van der Waals surface area contributed by atoms with Gasteiger partial charge in [0.05, 0.1) is 24.6 Å². The Kier molecular flexibility index (Phi) is 1.88. The Labute approximate surface area is 104 Å². The molecule has 0 radical (unpaired) electrons. The maximum atomic E-state index is 12.3. The fourth-order valence-corrected chi connectivity index (χ4v) is 3.68. The monoisotopic (exact) mass is 243 g/mol. The first-order valence-electron chi connectivity index (χ1n) is 6.31. The number of hydrogen-bond donors (Lipinski definition) is 0. The van der Waals surface area contributed by atoms with E-state index in [1.165, 1.54) is 4.90 Å². The van der Waals surface area contributed by atoms with Gasteiger partial charge in [-0.25, -0.2) is 0 Å². The highest BCUT2D eigenvalue weighted by Crippen LogP contribution is 2.52. The van der Waals surface area contributed by atoms with Gasteiger partial charge in [0.2, 0.25) is 11.8 Å². The minimum absolute atomic E-state index is 0.0155. The molecule has 1 aliphatic heterocycles. The molecule has 2 amide bonds. The van der Waals surface area contributed by atoms with E-state index in [-0.39, 0.29) is 42.0 Å². The number of rotatable bonds is 2. The lowest BCUT2D eigenvalue weighted by Crippen LogP contribution is -2.32. The summed E-state index contributed by atoms with van der Waals surface area (Å²) in [4.78, 5) is 26.1. The van der Waals surface area contributed by atoms with Crippen molar-refractivity contribution in [2.45, 2.75) is 13.0 Å². The van der Waals surface area contributed by atoms with Crippen LogP contribution in [0.2, 0.25) is 0 Å². The molecule has 4 heteroatoms. The summed E-state index contributed by atoms with van der Waals surface area (Å²) in [5.41, 5.74) is 0. The van der Waals surface area contributed by atoms with E-state index in [1.807, 2.05) is 0 Å². The molecule has 1 saturated heterocycles. The average molecular weight is 243 g/mol. The molecule has 0 spiro atoms. The molecular weight excluding hydrogens is 230 g/mol. The molecule has 2 aliphatic carbocycles. The summed E-state index contributed by atoms with van der Waals surface area (Å²) in [6.07, 6.45) is 6.74. The SMILES string of the molecule is O=C1C2C(C(=O)N1Cc1ccco1)[C@H]1C=C[C@@H]2C1. The van der Waals surface area contributed by atoms with Crippen LogP contribution in [0.3, 0.4) is 0 Å². The number of carbonyl (C=O) groups is 2. The molecule has 4 rings (SSSR count). The number of hydrogen-bond acceptors (Lipinski definition) is 3. The summed E-state index contributed by atoms with van der Waals surface area (Å²) in [7, 11) is 0. The fraction of sp³-hybridized carbons (Fsp3) is 0.429. The van der Waals surface area contributed by atoms with Crippen LogP contribution < -0.4 is 0 Å². The van der Waals surface area contributed by atoms with E-state index in [2.05, 4.69) is 12.2 Å². The van der Waals surface area contributed by atoms with Gasteiger partial charge in [0.1, 0.15) is 5.76 Å². The van der Waals surface area contributed by atoms with Gasteiger partial charge in [-0.1, -0.05) is 12.2 Å². The van der Waals surface area contributed by atoms with Crippen molar-refractivity contribution in [2.75, 3.05) is 0 Å². The van der Waals surface area contributed by atoms with E-state index in [0.29, 0.717) is 5.76 Å². The van der Waals surface area contributed by atoms with Crippen molar-refractivity contribution in [2.24, 2.45) is 23.7 Å². The van der Waals surface area contributed by atoms with Crippen LogP contribution in [0.1, 0.15) is 12.2 Å². The number of imide groups is 1. The Bertz CT molecular complexity index is 515. The second kappa shape index (κ2) is 3.34. The molecule has 2 bridgehead atoms. The van der Waals surface area contributed by atoms with Crippen molar-refractivity contribution < 1.29 is 14.0 Å². The summed E-state index contributed by atoms with van der Waals surface area (Å²) >= 11 is 0. The molecule has 1 aromatic heterocycles. The Morgan fingerprint density at radius 3 is 2.39 bits per heavy atom. The number of fused-ring (bicyclic) bond motifs is 5. The van der Waals surface area contributed by atoms with Crippen molar-refractivity contribution in [1.29, 1.82) is 0 Å². The Balaban J connectivity index is 1.64. The van der Waals surface area contributed by atoms with Crippen LogP contribution in [0.4, 0.5) is 0 Å². The van der Waals surface area contributed by atoms with Gasteiger partial charge in [0, 0.05) is 0 Å². The van der Waals surface area contributed by atoms with Gasteiger partial charge in [0.25, 0.3) is 0 Å². The van der Waals surface area contributed by atoms with E-state index in [0.717, 1.165) is 6.42 Å². The Morgan fingerprint density at radius 2 is 1.83 bits per heavy atom. The molecule has 1 aromatic rings. The predicted octanol–water partition coefficient (Wildman–Crippen LogP) is 1.59. The summed E-state index contributed by atoms with van der Waals surface area (Å²) in [6.45, 7) is 0.275. The Morgan fingerprint density at radius 1 is 1.17 bits per heavy atom. The normalized spacial score (nSPS) is 36.8. The number of nitrogens with zero attached hydrogens (tertiary/aromatic N) is 1. The molecule has 2 heterocycles. The second-order valence-corrected chi connectivity index (χ2v) is 5.34. The van der Waals surface area contributed by atoms with Crippen molar-refractivity contribution in [3.63, 3.8) is 0 Å². The molecule has 2 fully saturated rings. The number of amides is 2. The van der Waals surface area contributed by atoms with E-state index in [4.69, 9.17) is 4.42 Å². The lowest BCUT2D eigenvalue weighted by Gasteiger charge is -2.15. The van der Waals surface area contributed by atoms with Crippen LogP contribution in [0.5, 0.6) is 0 Å². The van der Waals surface area contributed by atoms with Crippen molar-refractivity contribution >= 4 is 11.8 Å². The van der Waals surface area contributed by atoms with Crippen molar-refractivity contribution in [3.05, 3.63) is 36.3 Å². The first kappa shape index (κ1) is 10.1. The first-order chi connectivity index (χ1) is 8.75. The molecule has 18 heavy (non-hydrogen) atoms. The molecule has 4 atom stereocenters. The Hall–Kier alpha value is -1.84. The third-order valence-electron chi connectivity index (χ3n) is 4.46. The number of allylic oxidation sites excluding steroid dienone is 2. The molecule has 1 saturated carbocycles. The lowest BCUT2D eigenvalue weighted by atomic mass is 9.85. The third kappa shape index (κ3) is 1.15. The van der Waals surface area contributed by atoms with Gasteiger partial charge in [-0.05, 0) is 30.4 Å². The second-order valence-electron chi connectivity index (χ2n) is 5.34. The molecular formula is C14H13NO3. The number of likely N-dealkylation sites (tertiary alicyclic amines) is 1. The van der Waals surface area contributed by atoms with E-state index < -0.39 is 0 Å². The highest BCUT2D eigenvalue weighted by molar-refractivity contribution is 6.06. The molecule has 3 aliphatic rings. The van der Waals surface area contributed by atoms with E-state index in [9.17, 15) is 9.59 Å². The lowest BCUT2D eigenvalue weighted by molar-refractivity contribution is -0.141. The zero-order valence-electron chi connectivity index (χ0n) is 9.78. The quantitative estimate of drug-likeness (QED) is 0.585. The van der Waals surface area contributed by atoms with Gasteiger partial charge < -0.3 is 4.42 Å². The summed E-state index contributed by atoms with van der Waals surface area (Å²) in [5.74, 6) is 0.967. The summed E-state index contributed by atoms with van der Waals surface area (Å²) < 4.78 is 5.22. The van der Waals surface area contributed by atoms with Crippen molar-refractivity contribution in [1.82, 2.24) is 4.90 Å². The van der Waals surface area contributed by atoms with Crippen molar-refractivity contribution in [3.8, 4) is 0 Å².